The summed E-state index contributed by atoms with van der Waals surface area (Å²) in [6, 6.07) is 5.76. The van der Waals surface area contributed by atoms with Crippen LogP contribution in [0.5, 0.6) is 5.75 Å². The van der Waals surface area contributed by atoms with Gasteiger partial charge >= 0.3 is 5.97 Å². The zero-order valence-electron chi connectivity index (χ0n) is 13.1. The molecule has 0 radical (unpaired) electrons. The molecule has 0 aliphatic rings. The number of carbonyl (C=O) groups is 1. The molecule has 0 amide bonds. The minimum atomic E-state index is -0.224. The average Bonchev–Trinajstić information content (AvgIpc) is 2.37. The molecule has 0 fully saturated rings. The first-order valence-corrected chi connectivity index (χ1v) is 8.11. The van der Waals surface area contributed by atoms with Gasteiger partial charge in [-0.2, -0.15) is 0 Å². The van der Waals surface area contributed by atoms with Gasteiger partial charge in [0.15, 0.2) is 0 Å². The van der Waals surface area contributed by atoms with E-state index in [0.29, 0.717) is 19.4 Å². The van der Waals surface area contributed by atoms with Gasteiger partial charge in [0.1, 0.15) is 5.75 Å². The largest absolute Gasteiger partial charge is 0.496 e. The van der Waals surface area contributed by atoms with Crippen LogP contribution in [0, 0.1) is 8.99 Å². The molecule has 1 atom stereocenters. The van der Waals surface area contributed by atoms with E-state index in [0.717, 1.165) is 14.9 Å². The van der Waals surface area contributed by atoms with Crippen molar-refractivity contribution in [3.8, 4) is 5.75 Å². The number of nitrogens with two attached hydrogens (primary N) is 1. The number of esters is 1. The highest BCUT2D eigenvalue weighted by atomic mass is 127. The van der Waals surface area contributed by atoms with Crippen molar-refractivity contribution in [1.82, 2.24) is 0 Å². The van der Waals surface area contributed by atoms with Crippen LogP contribution >= 0.6 is 22.6 Å². The highest BCUT2D eigenvalue weighted by Crippen LogP contribution is 2.35. The Hall–Kier alpha value is -0.820. The number of halogens is 1. The fraction of sp³-hybridized carbons (Fsp3) is 0.562. The van der Waals surface area contributed by atoms with Gasteiger partial charge in [-0.1, -0.05) is 13.8 Å². The number of ether oxygens (including phenoxy) is 2. The molecule has 1 unspecified atom stereocenters. The topological polar surface area (TPSA) is 61.5 Å². The van der Waals surface area contributed by atoms with Crippen molar-refractivity contribution in [2.75, 3.05) is 13.7 Å². The third kappa shape index (κ3) is 5.82. The summed E-state index contributed by atoms with van der Waals surface area (Å²) in [5, 5.41) is 0. The van der Waals surface area contributed by atoms with Crippen molar-refractivity contribution in [2.45, 2.75) is 39.7 Å². The maximum Gasteiger partial charge on any atom is 0.306 e. The summed E-state index contributed by atoms with van der Waals surface area (Å²) in [5.74, 6) is 0.610. The predicted octanol–water partition coefficient (Wildman–Crippen LogP) is 3.67. The molecule has 118 valence electrons. The van der Waals surface area contributed by atoms with E-state index in [-0.39, 0.29) is 17.4 Å². The lowest BCUT2D eigenvalue weighted by Gasteiger charge is -2.28. The molecular formula is C16H24INO3. The number of methoxy groups -OCH3 is 1. The Balaban J connectivity index is 2.82. The van der Waals surface area contributed by atoms with Crippen LogP contribution in [0.25, 0.3) is 0 Å². The first-order valence-electron chi connectivity index (χ1n) is 7.03. The molecule has 0 aromatic heterocycles. The second-order valence-corrected chi connectivity index (χ2v) is 7.09. The van der Waals surface area contributed by atoms with E-state index in [4.69, 9.17) is 15.2 Å². The second kappa shape index (κ2) is 7.98. The highest BCUT2D eigenvalue weighted by Gasteiger charge is 2.27. The van der Waals surface area contributed by atoms with Crippen molar-refractivity contribution < 1.29 is 14.3 Å². The summed E-state index contributed by atoms with van der Waals surface area (Å²) in [6.45, 7) is 6.29. The van der Waals surface area contributed by atoms with Crippen LogP contribution < -0.4 is 10.5 Å². The normalized spacial score (nSPS) is 12.9. The van der Waals surface area contributed by atoms with Crippen LogP contribution in [0.1, 0.15) is 45.2 Å². The molecule has 0 saturated carbocycles. The molecule has 1 aromatic rings. The fourth-order valence-corrected chi connectivity index (χ4v) is 2.89. The van der Waals surface area contributed by atoms with E-state index < -0.39 is 0 Å². The molecule has 5 heteroatoms. The standard InChI is InChI=1S/C16H24INO3/c1-5-21-15(19)10-16(2,3)9-13(18)12-8-11(17)6-7-14(12)20-4/h6-8,13H,5,9-10,18H2,1-4H3. The summed E-state index contributed by atoms with van der Waals surface area (Å²) >= 11 is 2.25. The summed E-state index contributed by atoms with van der Waals surface area (Å²) < 4.78 is 11.5. The van der Waals surface area contributed by atoms with Crippen LogP contribution in [-0.2, 0) is 9.53 Å². The Morgan fingerprint density at radius 1 is 1.43 bits per heavy atom. The van der Waals surface area contributed by atoms with Crippen molar-refractivity contribution >= 4 is 28.6 Å². The van der Waals surface area contributed by atoms with Crippen LogP contribution in [0.4, 0.5) is 0 Å². The van der Waals surface area contributed by atoms with Gasteiger partial charge < -0.3 is 15.2 Å². The Labute approximate surface area is 140 Å². The smallest absolute Gasteiger partial charge is 0.306 e. The summed E-state index contributed by atoms with van der Waals surface area (Å²) in [7, 11) is 1.64. The molecule has 0 saturated heterocycles. The van der Waals surface area contributed by atoms with Gasteiger partial charge in [-0.15, -0.1) is 0 Å². The minimum Gasteiger partial charge on any atom is -0.496 e. The van der Waals surface area contributed by atoms with Gasteiger partial charge in [0.05, 0.1) is 20.1 Å². The van der Waals surface area contributed by atoms with Crippen molar-refractivity contribution in [2.24, 2.45) is 11.1 Å². The number of benzene rings is 1. The zero-order chi connectivity index (χ0) is 16.0. The van der Waals surface area contributed by atoms with E-state index in [1.807, 2.05) is 39.0 Å². The van der Waals surface area contributed by atoms with E-state index >= 15 is 0 Å². The lowest BCUT2D eigenvalue weighted by atomic mass is 9.81. The molecular weight excluding hydrogens is 381 g/mol. The third-order valence-corrected chi connectivity index (χ3v) is 3.96. The Morgan fingerprint density at radius 3 is 2.67 bits per heavy atom. The molecule has 1 aromatic carbocycles. The number of hydrogen-bond donors (Lipinski definition) is 1. The maximum atomic E-state index is 11.7. The van der Waals surface area contributed by atoms with Crippen LogP contribution in [0.3, 0.4) is 0 Å². The molecule has 0 heterocycles. The van der Waals surface area contributed by atoms with Gasteiger partial charge in [0, 0.05) is 15.2 Å². The van der Waals surface area contributed by atoms with Gasteiger partial charge in [-0.25, -0.2) is 0 Å². The molecule has 0 bridgehead atoms. The maximum absolute atomic E-state index is 11.7. The third-order valence-electron chi connectivity index (χ3n) is 3.29. The Kier molecular flexibility index (Phi) is 6.93. The van der Waals surface area contributed by atoms with E-state index in [9.17, 15) is 4.79 Å². The minimum absolute atomic E-state index is 0.177. The first kappa shape index (κ1) is 18.2. The summed E-state index contributed by atoms with van der Waals surface area (Å²) in [4.78, 5) is 11.7. The fourth-order valence-electron chi connectivity index (χ4n) is 2.38. The number of carbonyl (C=O) groups excluding carboxylic acids is 1. The van der Waals surface area contributed by atoms with Crippen molar-refractivity contribution in [1.29, 1.82) is 0 Å². The van der Waals surface area contributed by atoms with Crippen molar-refractivity contribution in [3.63, 3.8) is 0 Å². The lowest BCUT2D eigenvalue weighted by molar-refractivity contribution is -0.145. The quantitative estimate of drug-likeness (QED) is 0.556. The molecule has 21 heavy (non-hydrogen) atoms. The van der Waals surface area contributed by atoms with Gasteiger partial charge in [-0.3, -0.25) is 4.79 Å². The predicted molar refractivity (Wildman–Crippen MR) is 92.3 cm³/mol. The summed E-state index contributed by atoms with van der Waals surface area (Å²) in [6.07, 6.45) is 1.04. The van der Waals surface area contributed by atoms with Gasteiger partial charge in [-0.05, 0) is 59.5 Å². The monoisotopic (exact) mass is 405 g/mol. The van der Waals surface area contributed by atoms with E-state index in [1.165, 1.54) is 0 Å². The van der Waals surface area contributed by atoms with Crippen LogP contribution in [0.2, 0.25) is 0 Å². The first-order chi connectivity index (χ1) is 9.79. The van der Waals surface area contributed by atoms with Gasteiger partial charge in [0.25, 0.3) is 0 Å². The molecule has 4 nitrogen and oxygen atoms in total. The molecule has 0 aliphatic heterocycles. The molecule has 0 aliphatic carbocycles. The number of rotatable bonds is 7. The van der Waals surface area contributed by atoms with Gasteiger partial charge in [0.2, 0.25) is 0 Å². The Morgan fingerprint density at radius 2 is 2.10 bits per heavy atom. The molecule has 0 spiro atoms. The van der Waals surface area contributed by atoms with Crippen molar-refractivity contribution in [3.05, 3.63) is 27.3 Å². The average molecular weight is 405 g/mol. The lowest BCUT2D eigenvalue weighted by Crippen LogP contribution is -2.25. The second-order valence-electron chi connectivity index (χ2n) is 5.84. The Bertz CT molecular complexity index is 488. The summed E-state index contributed by atoms with van der Waals surface area (Å²) in [5.41, 5.74) is 7.09. The van der Waals surface area contributed by atoms with E-state index in [2.05, 4.69) is 22.6 Å². The van der Waals surface area contributed by atoms with Crippen LogP contribution in [-0.4, -0.2) is 19.7 Å². The molecule has 2 N–H and O–H groups in total. The number of hydrogen-bond acceptors (Lipinski definition) is 4. The zero-order valence-corrected chi connectivity index (χ0v) is 15.3. The highest BCUT2D eigenvalue weighted by molar-refractivity contribution is 14.1. The molecule has 1 rings (SSSR count). The van der Waals surface area contributed by atoms with Crippen LogP contribution in [0.15, 0.2) is 18.2 Å². The SMILES string of the molecule is CCOC(=O)CC(C)(C)CC(N)c1cc(I)ccc1OC. The van der Waals surface area contributed by atoms with E-state index in [1.54, 1.807) is 7.11 Å².